The number of imidazole rings is 1. The zero-order chi connectivity index (χ0) is 21.9. The quantitative estimate of drug-likeness (QED) is 0.365. The number of aliphatic hydroxyl groups is 1. The van der Waals surface area contributed by atoms with E-state index in [0.717, 1.165) is 5.56 Å². The van der Waals surface area contributed by atoms with Gasteiger partial charge < -0.3 is 29.5 Å². The second-order valence-electron chi connectivity index (χ2n) is 7.14. The maximum absolute atomic E-state index is 13.1. The lowest BCUT2D eigenvalue weighted by atomic mass is 10.1. The molecule has 5 rings (SSSR count). The van der Waals surface area contributed by atoms with Gasteiger partial charge in [0.15, 0.2) is 22.1 Å². The van der Waals surface area contributed by atoms with E-state index in [2.05, 4.69) is 30.4 Å². The number of halogens is 1. The van der Waals surface area contributed by atoms with Crippen LogP contribution in [-0.2, 0) is 24.9 Å². The Balaban J connectivity index is 0.00000245. The number of benzene rings is 1. The molecule has 3 N–H and O–H groups in total. The highest BCUT2D eigenvalue weighted by atomic mass is 79.9. The Labute approximate surface area is 184 Å². The van der Waals surface area contributed by atoms with Crippen molar-refractivity contribution in [3.05, 3.63) is 51.0 Å². The van der Waals surface area contributed by atoms with Crippen molar-refractivity contribution in [1.82, 2.24) is 19.1 Å². The van der Waals surface area contributed by atoms with E-state index in [1.54, 1.807) is 0 Å². The second-order valence-corrected chi connectivity index (χ2v) is 9.21. The maximum atomic E-state index is 13.1. The van der Waals surface area contributed by atoms with Crippen molar-refractivity contribution in [3.8, 4) is 0 Å². The number of hydrogen-bond acceptors (Lipinski definition) is 10. The molecule has 14 heteroatoms. The van der Waals surface area contributed by atoms with Gasteiger partial charge in [-0.1, -0.05) is 30.3 Å². The zero-order valence-corrected chi connectivity index (χ0v) is 18.2. The molecule has 3 aromatic rings. The van der Waals surface area contributed by atoms with Crippen LogP contribution in [0.15, 0.2) is 39.9 Å². The van der Waals surface area contributed by atoms with Gasteiger partial charge in [-0.15, -0.1) is 0 Å². The third-order valence-electron chi connectivity index (χ3n) is 5.18. The van der Waals surface area contributed by atoms with Crippen LogP contribution in [0.5, 0.6) is 0 Å². The first kappa shape index (κ1) is 20.8. The van der Waals surface area contributed by atoms with Gasteiger partial charge in [-0.3, -0.25) is 18.5 Å². The SMILES string of the molecule is Nc1nc2c(nc(Br)n2[C@@H]2OC3COP(=O)([O-])O[C@H]3C2O)c(=O)n1Cc1ccccc1.[H+]. The Morgan fingerprint density at radius 2 is 2.10 bits per heavy atom. The Hall–Kier alpha value is -2.12. The summed E-state index contributed by atoms with van der Waals surface area (Å²) < 4.78 is 29.6. The fourth-order valence-electron chi connectivity index (χ4n) is 3.73. The van der Waals surface area contributed by atoms with E-state index < -0.39 is 37.9 Å². The molecule has 1 aromatic carbocycles. The van der Waals surface area contributed by atoms with Crippen LogP contribution in [0.4, 0.5) is 5.95 Å². The van der Waals surface area contributed by atoms with Crippen molar-refractivity contribution in [2.24, 2.45) is 0 Å². The highest BCUT2D eigenvalue weighted by molar-refractivity contribution is 9.10. The smallest absolute Gasteiger partial charge is 0.756 e. The Morgan fingerprint density at radius 3 is 2.84 bits per heavy atom. The van der Waals surface area contributed by atoms with Gasteiger partial charge in [-0.05, 0) is 21.5 Å². The molecule has 3 unspecified atom stereocenters. The summed E-state index contributed by atoms with van der Waals surface area (Å²) >= 11 is 3.26. The topological polar surface area (TPSA) is 167 Å². The van der Waals surface area contributed by atoms with E-state index in [1.165, 1.54) is 9.13 Å². The lowest BCUT2D eigenvalue weighted by Crippen LogP contribution is -2.41. The largest absolute Gasteiger partial charge is 1.00 e. The average molecular weight is 514 g/mol. The number of ether oxygens (including phenoxy) is 1. The standard InChI is InChI=1S/C17H17BrN5O7P/c18-16-20-10-13(21-17(19)22(14(10)25)6-8-4-2-1-3-5-8)23(16)15-11(24)12-9(29-15)7-28-31(26,27)30-12/h1-5,9,11-12,15,24H,6-7H2,(H2,19,21)(H,26,27)/t9?,11?,12-,15-/m1/s1. The number of hydrogen-bond donors (Lipinski definition) is 2. The van der Waals surface area contributed by atoms with E-state index in [4.69, 9.17) is 15.0 Å². The van der Waals surface area contributed by atoms with Crippen molar-refractivity contribution in [2.45, 2.75) is 31.1 Å². The molecule has 12 nitrogen and oxygen atoms in total. The van der Waals surface area contributed by atoms with Gasteiger partial charge in [0.2, 0.25) is 5.95 Å². The van der Waals surface area contributed by atoms with Crippen LogP contribution < -0.4 is 16.2 Å². The number of aliphatic hydroxyl groups excluding tert-OH is 1. The molecule has 2 aliphatic rings. The number of aromatic nitrogens is 4. The van der Waals surface area contributed by atoms with E-state index in [9.17, 15) is 19.4 Å². The van der Waals surface area contributed by atoms with E-state index in [0.29, 0.717) is 0 Å². The molecule has 5 atom stereocenters. The number of anilines is 1. The van der Waals surface area contributed by atoms with Crippen LogP contribution in [0.1, 0.15) is 13.2 Å². The van der Waals surface area contributed by atoms with Gasteiger partial charge in [0.1, 0.15) is 18.3 Å². The molecule has 0 radical (unpaired) electrons. The Morgan fingerprint density at radius 1 is 1.35 bits per heavy atom. The Bertz CT molecular complexity index is 1270. The number of rotatable bonds is 3. The molecule has 4 heterocycles. The summed E-state index contributed by atoms with van der Waals surface area (Å²) in [5.74, 6) is -0.0523. The van der Waals surface area contributed by atoms with Crippen molar-refractivity contribution < 1.29 is 29.8 Å². The second kappa shape index (κ2) is 7.48. The number of phosphoric acid groups is 1. The van der Waals surface area contributed by atoms with Gasteiger partial charge in [-0.25, -0.2) is 4.98 Å². The Kier molecular flexibility index (Phi) is 5.01. The fraction of sp³-hybridized carbons (Fsp3) is 0.353. The molecular weight excluding hydrogens is 497 g/mol. The van der Waals surface area contributed by atoms with Crippen LogP contribution in [0.2, 0.25) is 0 Å². The highest BCUT2D eigenvalue weighted by Gasteiger charge is 2.51. The third-order valence-corrected chi connectivity index (χ3v) is 6.71. The predicted octanol–water partition coefficient (Wildman–Crippen LogP) is 0.241. The van der Waals surface area contributed by atoms with E-state index >= 15 is 0 Å². The summed E-state index contributed by atoms with van der Waals surface area (Å²) in [4.78, 5) is 33.2. The minimum absolute atomic E-state index is 0. The third kappa shape index (κ3) is 3.52. The van der Waals surface area contributed by atoms with Crippen molar-refractivity contribution in [2.75, 3.05) is 12.3 Å². The zero-order valence-electron chi connectivity index (χ0n) is 16.7. The van der Waals surface area contributed by atoms with E-state index in [-0.39, 0.29) is 36.4 Å². The molecule has 2 aliphatic heterocycles. The number of fused-ring (bicyclic) bond motifs is 2. The highest BCUT2D eigenvalue weighted by Crippen LogP contribution is 2.50. The molecule has 0 spiro atoms. The van der Waals surface area contributed by atoms with Gasteiger partial charge >= 0.3 is 1.43 Å². The first-order valence-electron chi connectivity index (χ1n) is 9.20. The molecular formula is C17H17BrN5O7P. The lowest BCUT2D eigenvalue weighted by molar-refractivity contribution is -0.245. The monoisotopic (exact) mass is 513 g/mol. The first-order valence-corrected chi connectivity index (χ1v) is 11.5. The minimum atomic E-state index is -4.53. The summed E-state index contributed by atoms with van der Waals surface area (Å²) in [5, 5.41) is 10.7. The summed E-state index contributed by atoms with van der Waals surface area (Å²) in [6.45, 7) is -0.0989. The van der Waals surface area contributed by atoms with Gasteiger partial charge in [0.25, 0.3) is 13.4 Å². The van der Waals surface area contributed by atoms with Gasteiger partial charge in [-0.2, -0.15) is 4.98 Å². The minimum Gasteiger partial charge on any atom is -0.756 e. The molecule has 164 valence electrons. The van der Waals surface area contributed by atoms with Crippen LogP contribution in [-0.4, -0.2) is 49.1 Å². The number of nitrogen functional groups attached to an aromatic ring is 1. The summed E-state index contributed by atoms with van der Waals surface area (Å²) in [6, 6.07) is 9.26. The molecule has 0 aliphatic carbocycles. The van der Waals surface area contributed by atoms with Gasteiger partial charge in [0, 0.05) is 0 Å². The number of phosphoric ester groups is 1. The molecule has 31 heavy (non-hydrogen) atoms. The molecule has 0 amide bonds. The van der Waals surface area contributed by atoms with Crippen LogP contribution >= 0.6 is 23.8 Å². The average Bonchev–Trinajstić information content (AvgIpc) is 3.21. The van der Waals surface area contributed by atoms with Crippen LogP contribution in [0.3, 0.4) is 0 Å². The van der Waals surface area contributed by atoms with E-state index in [1.807, 2.05) is 30.3 Å². The molecule has 0 bridgehead atoms. The van der Waals surface area contributed by atoms with Gasteiger partial charge in [0.05, 0.1) is 13.2 Å². The van der Waals surface area contributed by atoms with Crippen LogP contribution in [0, 0.1) is 0 Å². The maximum Gasteiger partial charge on any atom is 1.00 e. The molecule has 2 aromatic heterocycles. The van der Waals surface area contributed by atoms with Crippen LogP contribution in [0.25, 0.3) is 11.2 Å². The van der Waals surface area contributed by atoms with Crippen molar-refractivity contribution in [3.63, 3.8) is 0 Å². The van der Waals surface area contributed by atoms with Crippen molar-refractivity contribution in [1.29, 1.82) is 0 Å². The summed E-state index contributed by atoms with van der Waals surface area (Å²) in [5.41, 5.74) is 6.54. The fourth-order valence-corrected chi connectivity index (χ4v) is 5.23. The normalized spacial score (nSPS) is 30.5. The first-order chi connectivity index (χ1) is 14.7. The lowest BCUT2D eigenvalue weighted by Gasteiger charge is -2.34. The number of nitrogens with zero attached hydrogens (tertiary/aromatic N) is 4. The number of nitrogens with two attached hydrogens (primary N) is 1. The summed E-state index contributed by atoms with van der Waals surface area (Å²) in [7, 11) is -4.53. The summed E-state index contributed by atoms with van der Waals surface area (Å²) in [6.07, 6.45) is -4.52. The molecule has 2 saturated heterocycles. The molecule has 0 saturated carbocycles. The predicted molar refractivity (Wildman–Crippen MR) is 109 cm³/mol. The van der Waals surface area contributed by atoms with Crippen molar-refractivity contribution >= 4 is 40.9 Å². The molecule has 2 fully saturated rings.